The monoisotopic (exact) mass is 406 g/mol. The fourth-order valence-corrected chi connectivity index (χ4v) is 2.71. The lowest BCUT2D eigenvalue weighted by molar-refractivity contribution is 0.0936. The minimum atomic E-state index is -0.413. The molecule has 0 spiro atoms. The van der Waals surface area contributed by atoms with Crippen LogP contribution in [0.15, 0.2) is 46.9 Å². The number of nitrogens with one attached hydrogen (secondary N) is 2. The molecule has 2 N–H and O–H groups in total. The van der Waals surface area contributed by atoms with Crippen LogP contribution in [0, 0.1) is 5.82 Å². The predicted molar refractivity (Wildman–Crippen MR) is 98.9 cm³/mol. The topological polar surface area (TPSA) is 58.2 Å². The lowest BCUT2D eigenvalue weighted by Crippen LogP contribution is -2.32. The van der Waals surface area contributed by atoms with Gasteiger partial charge in [0.25, 0.3) is 11.8 Å². The van der Waals surface area contributed by atoms with Crippen LogP contribution in [0.4, 0.5) is 4.39 Å². The highest BCUT2D eigenvalue weighted by Gasteiger charge is 2.12. The van der Waals surface area contributed by atoms with Gasteiger partial charge in [0.1, 0.15) is 5.82 Å². The zero-order chi connectivity index (χ0) is 18.4. The zero-order valence-electron chi connectivity index (χ0n) is 14.1. The lowest BCUT2D eigenvalue weighted by Gasteiger charge is -2.12. The maximum Gasteiger partial charge on any atom is 0.252 e. The number of halogens is 2. The first-order chi connectivity index (χ1) is 11.9. The summed E-state index contributed by atoms with van der Waals surface area (Å²) in [5, 5.41) is 5.68. The van der Waals surface area contributed by atoms with Crippen LogP contribution in [0.5, 0.6) is 0 Å². The molecule has 0 fully saturated rings. The van der Waals surface area contributed by atoms with Crippen molar-refractivity contribution in [3.63, 3.8) is 0 Å². The van der Waals surface area contributed by atoms with Crippen LogP contribution in [0.3, 0.4) is 0 Å². The minimum absolute atomic E-state index is 0.103. The molecule has 2 aromatic carbocycles. The van der Waals surface area contributed by atoms with Gasteiger partial charge < -0.3 is 10.6 Å². The van der Waals surface area contributed by atoms with E-state index in [1.807, 2.05) is 19.9 Å². The average molecular weight is 407 g/mol. The van der Waals surface area contributed by atoms with E-state index in [1.54, 1.807) is 18.2 Å². The normalized spacial score (nSPS) is 11.7. The van der Waals surface area contributed by atoms with Crippen molar-refractivity contribution in [1.82, 2.24) is 10.6 Å². The van der Waals surface area contributed by atoms with Gasteiger partial charge in [0.05, 0.1) is 5.56 Å². The quantitative estimate of drug-likeness (QED) is 0.759. The summed E-state index contributed by atoms with van der Waals surface area (Å²) in [6, 6.07) is 11.1. The Balaban J connectivity index is 2.02. The largest absolute Gasteiger partial charge is 0.350 e. The van der Waals surface area contributed by atoms with Gasteiger partial charge in [0.15, 0.2) is 0 Å². The Morgan fingerprint density at radius 2 is 1.92 bits per heavy atom. The Morgan fingerprint density at radius 1 is 1.16 bits per heavy atom. The molecule has 0 aliphatic rings. The Morgan fingerprint density at radius 3 is 2.60 bits per heavy atom. The maximum atomic E-state index is 13.1. The van der Waals surface area contributed by atoms with Gasteiger partial charge in [-0.15, -0.1) is 0 Å². The van der Waals surface area contributed by atoms with E-state index in [-0.39, 0.29) is 24.4 Å². The number of amides is 2. The molecule has 0 heterocycles. The van der Waals surface area contributed by atoms with Gasteiger partial charge >= 0.3 is 0 Å². The van der Waals surface area contributed by atoms with E-state index in [0.717, 1.165) is 12.0 Å². The van der Waals surface area contributed by atoms with E-state index in [2.05, 4.69) is 26.6 Å². The highest BCUT2D eigenvalue weighted by Crippen LogP contribution is 2.18. The molecule has 2 aromatic rings. The van der Waals surface area contributed by atoms with E-state index in [1.165, 1.54) is 18.2 Å². The summed E-state index contributed by atoms with van der Waals surface area (Å²) in [7, 11) is 0. The molecule has 2 rings (SSSR count). The smallest absolute Gasteiger partial charge is 0.252 e. The van der Waals surface area contributed by atoms with Gasteiger partial charge in [-0.2, -0.15) is 0 Å². The number of benzene rings is 2. The van der Waals surface area contributed by atoms with E-state index in [9.17, 15) is 14.0 Å². The number of hydrogen-bond donors (Lipinski definition) is 2. The molecule has 25 heavy (non-hydrogen) atoms. The van der Waals surface area contributed by atoms with E-state index in [0.29, 0.717) is 15.6 Å². The van der Waals surface area contributed by atoms with Gasteiger partial charge in [0, 0.05) is 22.6 Å². The van der Waals surface area contributed by atoms with Gasteiger partial charge in [-0.3, -0.25) is 9.59 Å². The summed E-state index contributed by atoms with van der Waals surface area (Å²) in [5.41, 5.74) is 1.71. The second-order valence-electron chi connectivity index (χ2n) is 5.79. The first-order valence-corrected chi connectivity index (χ1v) is 8.83. The third kappa shape index (κ3) is 5.39. The fraction of sp³-hybridized carbons (Fsp3) is 0.263. The summed E-state index contributed by atoms with van der Waals surface area (Å²) in [5.74, 6) is -0.867. The van der Waals surface area contributed by atoms with E-state index >= 15 is 0 Å². The summed E-state index contributed by atoms with van der Waals surface area (Å²) >= 11 is 3.18. The molecule has 0 aliphatic carbocycles. The Bertz CT molecular complexity index is 780. The van der Waals surface area contributed by atoms with Gasteiger partial charge in [-0.1, -0.05) is 19.1 Å². The summed E-state index contributed by atoms with van der Waals surface area (Å²) in [6.07, 6.45) is 0.855. The Kier molecular flexibility index (Phi) is 6.70. The molecule has 1 atom stereocenters. The molecule has 0 aliphatic heterocycles. The van der Waals surface area contributed by atoms with Crippen molar-refractivity contribution < 1.29 is 14.0 Å². The molecule has 0 aromatic heterocycles. The summed E-state index contributed by atoms with van der Waals surface area (Å²) in [6.45, 7) is 4.22. The molecule has 132 valence electrons. The number of carbonyl (C=O) groups is 2. The standard InChI is InChI=1S/C19H20BrFN2O2/c1-3-12(2)23-18(24)14-6-4-5-13(9-14)11-22-19(25)16-8-7-15(21)10-17(16)20/h4-10,12H,3,11H2,1-2H3,(H,22,25)(H,23,24). The highest BCUT2D eigenvalue weighted by molar-refractivity contribution is 9.10. The molecule has 0 bridgehead atoms. The fourth-order valence-electron chi connectivity index (χ4n) is 2.18. The molecular weight excluding hydrogens is 387 g/mol. The van der Waals surface area contributed by atoms with Crippen molar-refractivity contribution in [2.24, 2.45) is 0 Å². The first kappa shape index (κ1) is 19.1. The van der Waals surface area contributed by atoms with Crippen molar-refractivity contribution in [1.29, 1.82) is 0 Å². The van der Waals surface area contributed by atoms with Crippen molar-refractivity contribution in [2.45, 2.75) is 32.9 Å². The van der Waals surface area contributed by atoms with Gasteiger partial charge in [-0.05, 0) is 65.2 Å². The zero-order valence-corrected chi connectivity index (χ0v) is 15.7. The van der Waals surface area contributed by atoms with Crippen LogP contribution in [0.2, 0.25) is 0 Å². The highest BCUT2D eigenvalue weighted by atomic mass is 79.9. The molecular formula is C19H20BrFN2O2. The molecule has 1 unspecified atom stereocenters. The molecule has 0 saturated carbocycles. The summed E-state index contributed by atoms with van der Waals surface area (Å²) < 4.78 is 13.5. The van der Waals surface area contributed by atoms with Crippen LogP contribution in [-0.4, -0.2) is 17.9 Å². The number of hydrogen-bond acceptors (Lipinski definition) is 2. The van der Waals surface area contributed by atoms with Gasteiger partial charge in [-0.25, -0.2) is 4.39 Å². The number of rotatable bonds is 6. The van der Waals surface area contributed by atoms with Crippen LogP contribution < -0.4 is 10.6 Å². The van der Waals surface area contributed by atoms with Crippen molar-refractivity contribution >= 4 is 27.7 Å². The van der Waals surface area contributed by atoms with E-state index in [4.69, 9.17) is 0 Å². The van der Waals surface area contributed by atoms with Crippen molar-refractivity contribution in [3.8, 4) is 0 Å². The minimum Gasteiger partial charge on any atom is -0.350 e. The van der Waals surface area contributed by atoms with Crippen LogP contribution in [0.1, 0.15) is 46.5 Å². The molecule has 2 amide bonds. The van der Waals surface area contributed by atoms with Gasteiger partial charge in [0.2, 0.25) is 0 Å². The second kappa shape index (κ2) is 8.76. The maximum absolute atomic E-state index is 13.1. The molecule has 0 radical (unpaired) electrons. The van der Waals surface area contributed by atoms with Crippen molar-refractivity contribution in [2.75, 3.05) is 0 Å². The second-order valence-corrected chi connectivity index (χ2v) is 6.64. The van der Waals surface area contributed by atoms with Crippen LogP contribution in [0.25, 0.3) is 0 Å². The van der Waals surface area contributed by atoms with Crippen LogP contribution in [-0.2, 0) is 6.54 Å². The van der Waals surface area contributed by atoms with Crippen molar-refractivity contribution in [3.05, 3.63) is 69.4 Å². The number of carbonyl (C=O) groups excluding carboxylic acids is 2. The predicted octanol–water partition coefficient (Wildman–Crippen LogP) is 4.05. The Hall–Kier alpha value is -2.21. The Labute approximate surface area is 154 Å². The third-order valence-corrected chi connectivity index (χ3v) is 4.46. The molecule has 0 saturated heterocycles. The average Bonchev–Trinajstić information content (AvgIpc) is 2.59. The SMILES string of the molecule is CCC(C)NC(=O)c1cccc(CNC(=O)c2ccc(F)cc2Br)c1. The summed E-state index contributed by atoms with van der Waals surface area (Å²) in [4.78, 5) is 24.4. The van der Waals surface area contributed by atoms with E-state index < -0.39 is 5.82 Å². The lowest BCUT2D eigenvalue weighted by atomic mass is 10.1. The van der Waals surface area contributed by atoms with Crippen LogP contribution >= 0.6 is 15.9 Å². The molecule has 6 heteroatoms. The molecule has 4 nitrogen and oxygen atoms in total. The third-order valence-electron chi connectivity index (χ3n) is 3.81. The first-order valence-electron chi connectivity index (χ1n) is 8.03.